The van der Waals surface area contributed by atoms with Crippen LogP contribution in [0, 0.1) is 0 Å². The first-order valence-electron chi connectivity index (χ1n) is 7.24. The number of ether oxygens (including phenoxy) is 1. The fourth-order valence-electron chi connectivity index (χ4n) is 2.74. The normalized spacial score (nSPS) is 17.3. The van der Waals surface area contributed by atoms with Crippen LogP contribution >= 0.6 is 15.9 Å². The van der Waals surface area contributed by atoms with E-state index in [1.807, 2.05) is 6.20 Å². The standard InChI is InChI=1S/C16H14BrN3O.Sn/c17-14-3-1-2-12(10-14)16(18)13-4-5-19-15(11-13)20-6-8-21-9-7-20;/h1,3-5,10-11H,6-9H2;/q-1;+1. The van der Waals surface area contributed by atoms with E-state index in [9.17, 15) is 0 Å². The van der Waals surface area contributed by atoms with Crippen molar-refractivity contribution < 1.29 is 4.74 Å². The molecule has 0 atom stereocenters. The minimum absolute atomic E-state index is 0.775. The first-order valence-corrected chi connectivity index (χ1v) is 10.7. The van der Waals surface area contributed by atoms with Crippen molar-refractivity contribution in [2.45, 2.75) is 0 Å². The Morgan fingerprint density at radius 1 is 1.14 bits per heavy atom. The zero-order chi connectivity index (χ0) is 14.9. The Labute approximate surface area is 148 Å². The minimum atomic E-state index is -0.828. The van der Waals surface area contributed by atoms with Gasteiger partial charge in [0, 0.05) is 0 Å². The molecule has 6 heteroatoms. The number of pyridine rings is 1. The summed E-state index contributed by atoms with van der Waals surface area (Å²) in [4.78, 5) is 6.81. The number of hydrogen-bond donors (Lipinski definition) is 0. The summed E-state index contributed by atoms with van der Waals surface area (Å²) < 4.78 is 12.9. The monoisotopic (exact) mass is 463 g/mol. The summed E-state index contributed by atoms with van der Waals surface area (Å²) in [6.07, 6.45) is 1.89. The van der Waals surface area contributed by atoms with Crippen molar-refractivity contribution in [2.75, 3.05) is 31.2 Å². The zero-order valence-electron chi connectivity index (χ0n) is 11.9. The van der Waals surface area contributed by atoms with E-state index in [0.717, 1.165) is 42.3 Å². The summed E-state index contributed by atoms with van der Waals surface area (Å²) in [5.74, 6) is 1.03. The summed E-state index contributed by atoms with van der Waals surface area (Å²) in [6.45, 7) is 3.36. The van der Waals surface area contributed by atoms with E-state index in [4.69, 9.17) is 7.95 Å². The molecule has 1 aromatic heterocycles. The molecule has 2 radical (unpaired) electrons. The van der Waals surface area contributed by atoms with Gasteiger partial charge in [-0.25, -0.2) is 0 Å². The second-order valence-electron chi connectivity index (χ2n) is 5.26. The second kappa shape index (κ2) is 6.29. The van der Waals surface area contributed by atoms with Crippen LogP contribution in [-0.2, 0) is 4.74 Å². The summed E-state index contributed by atoms with van der Waals surface area (Å²) in [6, 6.07) is 10.8. The van der Waals surface area contributed by atoms with E-state index in [1.165, 1.54) is 14.7 Å². The van der Waals surface area contributed by atoms with Crippen LogP contribution in [0.5, 0.6) is 0 Å². The molecule has 0 amide bonds. The molecule has 0 spiro atoms. The zero-order valence-corrected chi connectivity index (χ0v) is 16.4. The van der Waals surface area contributed by atoms with Crippen LogP contribution in [0.25, 0.3) is 0 Å². The molecular weight excluding hydrogens is 449 g/mol. The van der Waals surface area contributed by atoms with Gasteiger partial charge in [-0.1, -0.05) is 0 Å². The van der Waals surface area contributed by atoms with Gasteiger partial charge < -0.3 is 0 Å². The second-order valence-corrected chi connectivity index (χ2v) is 8.99. The molecule has 4 nitrogen and oxygen atoms in total. The number of fused-ring (bicyclic) bond motifs is 1. The molecular formula is C16H14BrN3OSn. The Balaban J connectivity index is 1.68. The molecule has 1 saturated heterocycles. The van der Waals surface area contributed by atoms with E-state index in [-0.39, 0.29) is 0 Å². The third-order valence-electron chi connectivity index (χ3n) is 3.88. The van der Waals surface area contributed by atoms with Crippen molar-refractivity contribution in [3.63, 3.8) is 0 Å². The number of aromatic nitrogens is 1. The maximum atomic E-state index is 5.42. The summed E-state index contributed by atoms with van der Waals surface area (Å²) >= 11 is 2.74. The van der Waals surface area contributed by atoms with Gasteiger partial charge in [0.2, 0.25) is 0 Å². The Bertz CT molecular complexity index is 744. The van der Waals surface area contributed by atoms with Crippen LogP contribution in [0.15, 0.2) is 44.2 Å². The Hall–Kier alpha value is -0.921. The van der Waals surface area contributed by atoms with Gasteiger partial charge in [0.25, 0.3) is 0 Å². The van der Waals surface area contributed by atoms with Crippen molar-refractivity contribution in [2.24, 2.45) is 3.21 Å². The first kappa shape index (κ1) is 14.7. The molecule has 2 aliphatic rings. The van der Waals surface area contributed by atoms with E-state index < -0.39 is 21.4 Å². The topological polar surface area (TPSA) is 37.7 Å². The predicted octanol–water partition coefficient (Wildman–Crippen LogP) is 1.78. The molecule has 2 aromatic rings. The average Bonchev–Trinajstić information content (AvgIpc) is 2.99. The van der Waals surface area contributed by atoms with E-state index in [0.29, 0.717) is 0 Å². The van der Waals surface area contributed by atoms with Gasteiger partial charge in [0.1, 0.15) is 0 Å². The Morgan fingerprint density at radius 3 is 2.86 bits per heavy atom. The van der Waals surface area contributed by atoms with Crippen LogP contribution in [0.4, 0.5) is 5.82 Å². The van der Waals surface area contributed by atoms with Gasteiger partial charge in [-0.05, 0) is 0 Å². The van der Waals surface area contributed by atoms with Gasteiger partial charge in [-0.3, -0.25) is 0 Å². The van der Waals surface area contributed by atoms with Crippen molar-refractivity contribution in [3.05, 3.63) is 52.1 Å². The quantitative estimate of drug-likeness (QED) is 0.639. The molecule has 1 aromatic carbocycles. The third-order valence-corrected chi connectivity index (χ3v) is 7.26. The summed E-state index contributed by atoms with van der Waals surface area (Å²) in [7, 11) is 0. The van der Waals surface area contributed by atoms with Gasteiger partial charge in [-0.2, -0.15) is 0 Å². The Morgan fingerprint density at radius 2 is 2.00 bits per heavy atom. The van der Waals surface area contributed by atoms with Crippen molar-refractivity contribution in [1.29, 1.82) is 0 Å². The molecule has 0 unspecified atom stereocenters. The molecule has 1 fully saturated rings. The van der Waals surface area contributed by atoms with Crippen LogP contribution in [0.2, 0.25) is 0 Å². The fraction of sp³-hybridized carbons (Fsp3) is 0.250. The summed E-state index contributed by atoms with van der Waals surface area (Å²) in [5.41, 5.74) is 3.61. The molecule has 0 bridgehead atoms. The van der Waals surface area contributed by atoms with Crippen LogP contribution in [0.3, 0.4) is 0 Å². The number of anilines is 1. The molecule has 4 rings (SSSR count). The maximum absolute atomic E-state index is 5.42. The molecule has 110 valence electrons. The molecule has 0 N–H and O–H groups in total. The van der Waals surface area contributed by atoms with Crippen molar-refractivity contribution in [3.8, 4) is 0 Å². The first-order chi connectivity index (χ1) is 10.8. The van der Waals surface area contributed by atoms with Gasteiger partial charge in [0.05, 0.1) is 0 Å². The number of hydrogen-bond acceptors (Lipinski definition) is 4. The third kappa shape index (κ3) is 2.81. The van der Waals surface area contributed by atoms with Crippen LogP contribution < -0.4 is 8.48 Å². The molecule has 3 heterocycles. The van der Waals surface area contributed by atoms with Crippen LogP contribution in [-0.4, -0.2) is 58.4 Å². The van der Waals surface area contributed by atoms with Gasteiger partial charge >= 0.3 is 149 Å². The predicted molar refractivity (Wildman–Crippen MR) is 92.4 cm³/mol. The molecule has 0 aliphatic carbocycles. The fourth-order valence-corrected chi connectivity index (χ4v) is 5.81. The Kier molecular flexibility index (Phi) is 4.19. The van der Waals surface area contributed by atoms with Gasteiger partial charge in [-0.15, -0.1) is 0 Å². The van der Waals surface area contributed by atoms with Crippen molar-refractivity contribution >= 4 is 52.5 Å². The molecule has 22 heavy (non-hydrogen) atoms. The number of benzene rings is 1. The van der Waals surface area contributed by atoms with E-state index in [2.05, 4.69) is 56.1 Å². The van der Waals surface area contributed by atoms with Crippen molar-refractivity contribution in [1.82, 2.24) is 4.98 Å². The molecule has 0 saturated carbocycles. The van der Waals surface area contributed by atoms with Crippen LogP contribution in [0.1, 0.15) is 11.1 Å². The van der Waals surface area contributed by atoms with Gasteiger partial charge in [0.15, 0.2) is 0 Å². The summed E-state index contributed by atoms with van der Waals surface area (Å²) in [5, 5.41) is 0. The molecule has 2 aliphatic heterocycles. The van der Waals surface area contributed by atoms with E-state index in [1.54, 1.807) is 0 Å². The number of nitrogens with zero attached hydrogens (tertiary/aromatic N) is 3. The number of halogens is 1. The number of morpholine rings is 1. The number of rotatable bonds is 2. The average molecular weight is 463 g/mol. The van der Waals surface area contributed by atoms with E-state index >= 15 is 0 Å². The SMILES string of the molecule is Brc1cc[c]2c(c1)C(c1ccnc(N3CCOCC3)c1)=[N][Sn]2.